The zero-order chi connectivity index (χ0) is 11.4. The van der Waals surface area contributed by atoms with E-state index in [-0.39, 0.29) is 0 Å². The maximum absolute atomic E-state index is 3.54. The third-order valence-electron chi connectivity index (χ3n) is 3.89. The van der Waals surface area contributed by atoms with Crippen molar-refractivity contribution < 1.29 is 0 Å². The van der Waals surface area contributed by atoms with Crippen LogP contribution in [0.25, 0.3) is 0 Å². The van der Waals surface area contributed by atoms with Crippen LogP contribution in [0, 0.1) is 5.92 Å². The van der Waals surface area contributed by atoms with Gasteiger partial charge in [0, 0.05) is 18.2 Å². The van der Waals surface area contributed by atoms with E-state index in [0.717, 1.165) is 18.4 Å². The maximum atomic E-state index is 3.54. The van der Waals surface area contributed by atoms with E-state index in [1.165, 1.54) is 31.4 Å². The third kappa shape index (κ3) is 2.23. The molecule has 1 aromatic rings. The monoisotopic (exact) mass is 217 g/mol. The second-order valence-electron chi connectivity index (χ2n) is 4.89. The van der Waals surface area contributed by atoms with Gasteiger partial charge in [-0.2, -0.15) is 0 Å². The largest absolute Gasteiger partial charge is 0.384 e. The highest BCUT2D eigenvalue weighted by Gasteiger charge is 2.27. The molecule has 2 rings (SSSR count). The summed E-state index contributed by atoms with van der Waals surface area (Å²) in [5, 5.41) is 3.54. The molecule has 1 nitrogen and oxygen atoms in total. The molecule has 0 bridgehead atoms. The Morgan fingerprint density at radius 3 is 2.88 bits per heavy atom. The number of fused-ring (bicyclic) bond motifs is 1. The SMILES string of the molecule is CCCCC(CC)C1CNc2ccccc21. The molecule has 1 aliphatic heterocycles. The first-order valence-corrected chi connectivity index (χ1v) is 6.69. The summed E-state index contributed by atoms with van der Waals surface area (Å²) < 4.78 is 0. The van der Waals surface area contributed by atoms with Gasteiger partial charge in [-0.05, 0) is 24.0 Å². The van der Waals surface area contributed by atoms with Crippen LogP contribution in [-0.2, 0) is 0 Å². The molecule has 2 unspecified atom stereocenters. The molecule has 0 spiro atoms. The Balaban J connectivity index is 2.10. The van der Waals surface area contributed by atoms with Gasteiger partial charge in [-0.1, -0.05) is 51.3 Å². The molecule has 1 heterocycles. The standard InChI is InChI=1S/C15H23N/c1-3-5-8-12(4-2)14-11-16-15-10-7-6-9-13(14)15/h6-7,9-10,12,14,16H,3-5,8,11H2,1-2H3. The molecular formula is C15H23N. The molecule has 0 radical (unpaired) electrons. The number of benzene rings is 1. The summed E-state index contributed by atoms with van der Waals surface area (Å²) in [7, 11) is 0. The molecule has 16 heavy (non-hydrogen) atoms. The first kappa shape index (κ1) is 11.5. The maximum Gasteiger partial charge on any atom is 0.0376 e. The molecule has 1 heteroatoms. The number of nitrogens with one attached hydrogen (secondary N) is 1. The number of unbranched alkanes of at least 4 members (excludes halogenated alkanes) is 1. The van der Waals surface area contributed by atoms with E-state index in [2.05, 4.69) is 43.4 Å². The van der Waals surface area contributed by atoms with Crippen molar-refractivity contribution in [1.29, 1.82) is 0 Å². The second kappa shape index (κ2) is 5.38. The van der Waals surface area contributed by atoms with Gasteiger partial charge in [0.1, 0.15) is 0 Å². The highest BCUT2D eigenvalue weighted by atomic mass is 14.9. The molecule has 0 fully saturated rings. The van der Waals surface area contributed by atoms with Crippen LogP contribution in [0.3, 0.4) is 0 Å². The van der Waals surface area contributed by atoms with Crippen molar-refractivity contribution in [1.82, 2.24) is 0 Å². The minimum absolute atomic E-state index is 0.743. The smallest absolute Gasteiger partial charge is 0.0376 e. The van der Waals surface area contributed by atoms with Gasteiger partial charge < -0.3 is 5.32 Å². The van der Waals surface area contributed by atoms with Crippen molar-refractivity contribution in [3.63, 3.8) is 0 Å². The molecule has 0 saturated carbocycles. The zero-order valence-corrected chi connectivity index (χ0v) is 10.5. The van der Waals surface area contributed by atoms with E-state index in [1.54, 1.807) is 5.56 Å². The number of hydrogen-bond donors (Lipinski definition) is 1. The predicted octanol–water partition coefficient (Wildman–Crippen LogP) is 4.41. The molecule has 1 aliphatic rings. The van der Waals surface area contributed by atoms with Crippen LogP contribution >= 0.6 is 0 Å². The minimum Gasteiger partial charge on any atom is -0.384 e. The number of rotatable bonds is 5. The van der Waals surface area contributed by atoms with Gasteiger partial charge in [-0.25, -0.2) is 0 Å². The molecule has 0 saturated heterocycles. The quantitative estimate of drug-likeness (QED) is 0.770. The van der Waals surface area contributed by atoms with Crippen LogP contribution in [0.1, 0.15) is 51.0 Å². The van der Waals surface area contributed by atoms with E-state index in [4.69, 9.17) is 0 Å². The first-order chi connectivity index (χ1) is 7.86. The molecule has 0 aliphatic carbocycles. The summed E-state index contributed by atoms with van der Waals surface area (Å²) in [6.07, 6.45) is 5.38. The van der Waals surface area contributed by atoms with Crippen LogP contribution in [-0.4, -0.2) is 6.54 Å². The minimum atomic E-state index is 0.743. The third-order valence-corrected chi connectivity index (χ3v) is 3.89. The average molecular weight is 217 g/mol. The van der Waals surface area contributed by atoms with Crippen LogP contribution in [0.2, 0.25) is 0 Å². The second-order valence-corrected chi connectivity index (χ2v) is 4.89. The van der Waals surface area contributed by atoms with Gasteiger partial charge >= 0.3 is 0 Å². The normalized spacial score (nSPS) is 20.2. The molecule has 1 aromatic carbocycles. The molecule has 0 amide bonds. The summed E-state index contributed by atoms with van der Waals surface area (Å²) in [6.45, 7) is 5.76. The fourth-order valence-corrected chi connectivity index (χ4v) is 2.89. The number of hydrogen-bond acceptors (Lipinski definition) is 1. The number of anilines is 1. The van der Waals surface area contributed by atoms with Crippen molar-refractivity contribution in [2.45, 2.75) is 45.4 Å². The first-order valence-electron chi connectivity index (χ1n) is 6.69. The molecule has 88 valence electrons. The van der Waals surface area contributed by atoms with Crippen molar-refractivity contribution in [3.8, 4) is 0 Å². The lowest BCUT2D eigenvalue weighted by Crippen LogP contribution is -2.14. The fourth-order valence-electron chi connectivity index (χ4n) is 2.89. The van der Waals surface area contributed by atoms with E-state index in [1.807, 2.05) is 0 Å². The van der Waals surface area contributed by atoms with Gasteiger partial charge in [-0.15, -0.1) is 0 Å². The lowest BCUT2D eigenvalue weighted by atomic mass is 9.82. The summed E-state index contributed by atoms with van der Waals surface area (Å²) in [6, 6.07) is 8.81. The number of para-hydroxylation sites is 1. The van der Waals surface area contributed by atoms with E-state index >= 15 is 0 Å². The van der Waals surface area contributed by atoms with Crippen molar-refractivity contribution in [2.75, 3.05) is 11.9 Å². The van der Waals surface area contributed by atoms with Crippen molar-refractivity contribution >= 4 is 5.69 Å². The lowest BCUT2D eigenvalue weighted by Gasteiger charge is -2.22. The van der Waals surface area contributed by atoms with Gasteiger partial charge in [0.05, 0.1) is 0 Å². The molecular weight excluding hydrogens is 194 g/mol. The van der Waals surface area contributed by atoms with Crippen molar-refractivity contribution in [2.24, 2.45) is 5.92 Å². The Kier molecular flexibility index (Phi) is 3.87. The van der Waals surface area contributed by atoms with Gasteiger partial charge in [0.2, 0.25) is 0 Å². The summed E-state index contributed by atoms with van der Waals surface area (Å²) in [4.78, 5) is 0. The lowest BCUT2D eigenvalue weighted by molar-refractivity contribution is 0.389. The highest BCUT2D eigenvalue weighted by Crippen LogP contribution is 2.39. The van der Waals surface area contributed by atoms with Crippen LogP contribution in [0.5, 0.6) is 0 Å². The molecule has 2 atom stereocenters. The van der Waals surface area contributed by atoms with Gasteiger partial charge in [0.15, 0.2) is 0 Å². The summed E-state index contributed by atoms with van der Waals surface area (Å²) >= 11 is 0. The van der Waals surface area contributed by atoms with Gasteiger partial charge in [0.25, 0.3) is 0 Å². The summed E-state index contributed by atoms with van der Waals surface area (Å²) in [5.74, 6) is 1.60. The van der Waals surface area contributed by atoms with Crippen LogP contribution in [0.4, 0.5) is 5.69 Å². The van der Waals surface area contributed by atoms with Gasteiger partial charge in [-0.3, -0.25) is 0 Å². The highest BCUT2D eigenvalue weighted by molar-refractivity contribution is 5.57. The Morgan fingerprint density at radius 1 is 1.31 bits per heavy atom. The predicted molar refractivity (Wildman–Crippen MR) is 71.0 cm³/mol. The topological polar surface area (TPSA) is 12.0 Å². The molecule has 1 N–H and O–H groups in total. The molecule has 0 aromatic heterocycles. The van der Waals surface area contributed by atoms with E-state index < -0.39 is 0 Å². The fraction of sp³-hybridized carbons (Fsp3) is 0.600. The Morgan fingerprint density at radius 2 is 2.12 bits per heavy atom. The Hall–Kier alpha value is -0.980. The van der Waals surface area contributed by atoms with Crippen LogP contribution < -0.4 is 5.32 Å². The average Bonchev–Trinajstić information content (AvgIpc) is 2.75. The Bertz CT molecular complexity index is 332. The van der Waals surface area contributed by atoms with Crippen LogP contribution in [0.15, 0.2) is 24.3 Å². The van der Waals surface area contributed by atoms with E-state index in [0.29, 0.717) is 0 Å². The van der Waals surface area contributed by atoms with E-state index in [9.17, 15) is 0 Å². The van der Waals surface area contributed by atoms with Crippen molar-refractivity contribution in [3.05, 3.63) is 29.8 Å². The summed E-state index contributed by atoms with van der Waals surface area (Å²) in [5.41, 5.74) is 2.91. The zero-order valence-electron chi connectivity index (χ0n) is 10.5. The Labute approximate surface area is 99.3 Å².